The molecule has 0 amide bonds. The van der Waals surface area contributed by atoms with Gasteiger partial charge in [-0.25, -0.2) is 13.2 Å². The molecule has 0 aromatic heterocycles. The monoisotopic (exact) mass is 383 g/mol. The summed E-state index contributed by atoms with van der Waals surface area (Å²) in [6.45, 7) is 1.94. The van der Waals surface area contributed by atoms with E-state index < -0.39 is 16.0 Å². The number of anilines is 1. The molecule has 3 rings (SSSR count). The summed E-state index contributed by atoms with van der Waals surface area (Å²) in [4.78, 5) is 11.3. The number of hydrogen-bond donors (Lipinski definition) is 2. The molecule has 138 valence electrons. The number of ether oxygens (including phenoxy) is 1. The zero-order valence-electron chi connectivity index (χ0n) is 14.4. The van der Waals surface area contributed by atoms with Crippen molar-refractivity contribution in [3.05, 3.63) is 83.9 Å². The summed E-state index contributed by atoms with van der Waals surface area (Å²) in [7, 11) is -3.90. The minimum absolute atomic E-state index is 0.0410. The highest BCUT2D eigenvalue weighted by molar-refractivity contribution is 7.92. The summed E-state index contributed by atoms with van der Waals surface area (Å²) in [5.41, 5.74) is 1.03. The highest BCUT2D eigenvalue weighted by Crippen LogP contribution is 2.32. The zero-order chi connectivity index (χ0) is 19.4. The van der Waals surface area contributed by atoms with Gasteiger partial charge in [-0.1, -0.05) is 35.9 Å². The third kappa shape index (κ3) is 4.45. The molecule has 0 bridgehead atoms. The molecular weight excluding hydrogens is 366 g/mol. The number of aryl methyl sites for hydroxylation is 1. The summed E-state index contributed by atoms with van der Waals surface area (Å²) in [6, 6.07) is 19.0. The van der Waals surface area contributed by atoms with E-state index >= 15 is 0 Å². The maximum absolute atomic E-state index is 12.6. The van der Waals surface area contributed by atoms with Crippen molar-refractivity contribution in [3.8, 4) is 11.5 Å². The smallest absolute Gasteiger partial charge is 0.335 e. The van der Waals surface area contributed by atoms with Crippen molar-refractivity contribution < 1.29 is 23.1 Å². The van der Waals surface area contributed by atoms with Crippen LogP contribution in [-0.2, 0) is 10.0 Å². The van der Waals surface area contributed by atoms with Gasteiger partial charge in [0.15, 0.2) is 5.75 Å². The number of carboxylic acid groups (broad SMARTS) is 1. The minimum atomic E-state index is -3.90. The van der Waals surface area contributed by atoms with Crippen LogP contribution in [0.4, 0.5) is 5.69 Å². The predicted octanol–water partition coefficient (Wildman–Crippen LogP) is 4.29. The van der Waals surface area contributed by atoms with Crippen molar-refractivity contribution in [2.75, 3.05) is 4.72 Å². The Morgan fingerprint density at radius 1 is 0.963 bits per heavy atom. The lowest BCUT2D eigenvalue weighted by Gasteiger charge is -2.14. The van der Waals surface area contributed by atoms with Gasteiger partial charge in [0.1, 0.15) is 5.75 Å². The highest BCUT2D eigenvalue weighted by Gasteiger charge is 2.18. The number of hydrogen-bond acceptors (Lipinski definition) is 4. The largest absolute Gasteiger partial charge is 0.478 e. The molecule has 0 unspecified atom stereocenters. The van der Waals surface area contributed by atoms with E-state index in [2.05, 4.69) is 4.72 Å². The molecular formula is C20H17NO5S. The topological polar surface area (TPSA) is 92.7 Å². The SMILES string of the molecule is Cc1ccc(Oc2ccc(C(=O)O)cc2NS(=O)(=O)c2ccccc2)cc1. The van der Waals surface area contributed by atoms with E-state index in [9.17, 15) is 18.3 Å². The lowest BCUT2D eigenvalue weighted by Crippen LogP contribution is -2.14. The van der Waals surface area contributed by atoms with Gasteiger partial charge in [0.25, 0.3) is 10.0 Å². The van der Waals surface area contributed by atoms with E-state index in [-0.39, 0.29) is 21.9 Å². The molecule has 3 aromatic rings. The molecule has 0 aliphatic heterocycles. The van der Waals surface area contributed by atoms with Crippen LogP contribution in [0.15, 0.2) is 77.7 Å². The lowest BCUT2D eigenvalue weighted by atomic mass is 10.2. The van der Waals surface area contributed by atoms with Crippen molar-refractivity contribution in [3.63, 3.8) is 0 Å². The van der Waals surface area contributed by atoms with Gasteiger partial charge in [-0.2, -0.15) is 0 Å². The number of carboxylic acids is 1. The Labute approximate surface area is 157 Å². The molecule has 27 heavy (non-hydrogen) atoms. The summed E-state index contributed by atoms with van der Waals surface area (Å²) >= 11 is 0. The van der Waals surface area contributed by atoms with Gasteiger partial charge in [0, 0.05) is 0 Å². The molecule has 0 aliphatic rings. The van der Waals surface area contributed by atoms with E-state index in [0.29, 0.717) is 5.75 Å². The Morgan fingerprint density at radius 3 is 2.26 bits per heavy atom. The molecule has 7 heteroatoms. The quantitative estimate of drug-likeness (QED) is 0.662. The van der Waals surface area contributed by atoms with E-state index in [4.69, 9.17) is 4.74 Å². The first-order chi connectivity index (χ1) is 12.8. The van der Waals surface area contributed by atoms with Crippen LogP contribution in [0.5, 0.6) is 11.5 Å². The fourth-order valence-corrected chi connectivity index (χ4v) is 3.45. The van der Waals surface area contributed by atoms with Gasteiger partial charge in [0.05, 0.1) is 16.1 Å². The van der Waals surface area contributed by atoms with Crippen LogP contribution in [0.3, 0.4) is 0 Å². The molecule has 0 aliphatic carbocycles. The number of aromatic carboxylic acids is 1. The van der Waals surface area contributed by atoms with Crippen LogP contribution in [0.2, 0.25) is 0 Å². The van der Waals surface area contributed by atoms with Gasteiger partial charge in [-0.15, -0.1) is 0 Å². The maximum atomic E-state index is 12.6. The summed E-state index contributed by atoms with van der Waals surface area (Å²) in [6.07, 6.45) is 0. The Bertz CT molecular complexity index is 1060. The van der Waals surface area contributed by atoms with Crippen LogP contribution in [0, 0.1) is 6.92 Å². The van der Waals surface area contributed by atoms with E-state index in [1.165, 1.54) is 30.3 Å². The van der Waals surface area contributed by atoms with Crippen LogP contribution >= 0.6 is 0 Å². The first-order valence-electron chi connectivity index (χ1n) is 8.05. The predicted molar refractivity (Wildman–Crippen MR) is 102 cm³/mol. The average Bonchev–Trinajstić information content (AvgIpc) is 2.65. The van der Waals surface area contributed by atoms with Crippen molar-refractivity contribution in [2.45, 2.75) is 11.8 Å². The van der Waals surface area contributed by atoms with Gasteiger partial charge < -0.3 is 9.84 Å². The first-order valence-corrected chi connectivity index (χ1v) is 9.53. The standard InChI is InChI=1S/C20H17NO5S/c1-14-7-10-16(11-8-14)26-19-12-9-15(20(22)23)13-18(19)21-27(24,25)17-5-3-2-4-6-17/h2-13,21H,1H3,(H,22,23). The Balaban J connectivity index is 1.99. The molecule has 0 heterocycles. The maximum Gasteiger partial charge on any atom is 0.335 e. The van der Waals surface area contributed by atoms with Crippen LogP contribution in [-0.4, -0.2) is 19.5 Å². The number of carbonyl (C=O) groups is 1. The molecule has 0 saturated carbocycles. The molecule has 0 atom stereocenters. The molecule has 2 N–H and O–H groups in total. The van der Waals surface area contributed by atoms with Crippen molar-refractivity contribution in [1.29, 1.82) is 0 Å². The lowest BCUT2D eigenvalue weighted by molar-refractivity contribution is 0.0697. The highest BCUT2D eigenvalue weighted by atomic mass is 32.2. The minimum Gasteiger partial charge on any atom is -0.478 e. The second kappa shape index (κ2) is 7.51. The number of rotatable bonds is 6. The third-order valence-corrected chi connectivity index (χ3v) is 5.15. The van der Waals surface area contributed by atoms with Gasteiger partial charge in [0.2, 0.25) is 0 Å². The van der Waals surface area contributed by atoms with Crippen LogP contribution < -0.4 is 9.46 Å². The van der Waals surface area contributed by atoms with Crippen LogP contribution in [0.25, 0.3) is 0 Å². The van der Waals surface area contributed by atoms with Crippen molar-refractivity contribution in [1.82, 2.24) is 0 Å². The van der Waals surface area contributed by atoms with Crippen molar-refractivity contribution in [2.24, 2.45) is 0 Å². The summed E-state index contributed by atoms with van der Waals surface area (Å²) < 4.78 is 33.4. The van der Waals surface area contributed by atoms with E-state index in [1.54, 1.807) is 30.3 Å². The zero-order valence-corrected chi connectivity index (χ0v) is 15.2. The number of nitrogens with one attached hydrogen (secondary N) is 1. The second-order valence-electron chi connectivity index (χ2n) is 5.85. The van der Waals surface area contributed by atoms with Gasteiger partial charge >= 0.3 is 5.97 Å². The Morgan fingerprint density at radius 2 is 1.63 bits per heavy atom. The summed E-state index contributed by atoms with van der Waals surface area (Å²) in [5, 5.41) is 9.22. The molecule has 0 spiro atoms. The first kappa shape index (κ1) is 18.5. The molecule has 0 saturated heterocycles. The fourth-order valence-electron chi connectivity index (χ4n) is 2.37. The Kier molecular flexibility index (Phi) is 5.14. The van der Waals surface area contributed by atoms with Gasteiger partial charge in [-0.05, 0) is 49.4 Å². The molecule has 6 nitrogen and oxygen atoms in total. The van der Waals surface area contributed by atoms with E-state index in [1.807, 2.05) is 19.1 Å². The number of benzene rings is 3. The fraction of sp³-hybridized carbons (Fsp3) is 0.0500. The van der Waals surface area contributed by atoms with Crippen LogP contribution in [0.1, 0.15) is 15.9 Å². The average molecular weight is 383 g/mol. The molecule has 3 aromatic carbocycles. The Hall–Kier alpha value is -3.32. The van der Waals surface area contributed by atoms with Crippen molar-refractivity contribution >= 4 is 21.7 Å². The number of sulfonamides is 1. The summed E-state index contributed by atoms with van der Waals surface area (Å²) in [5.74, 6) is -0.468. The molecule has 0 radical (unpaired) electrons. The van der Waals surface area contributed by atoms with E-state index in [0.717, 1.165) is 5.56 Å². The normalized spacial score (nSPS) is 11.0. The molecule has 0 fully saturated rings. The third-order valence-electron chi connectivity index (χ3n) is 3.77. The van der Waals surface area contributed by atoms with Gasteiger partial charge in [-0.3, -0.25) is 4.72 Å². The second-order valence-corrected chi connectivity index (χ2v) is 7.53.